The van der Waals surface area contributed by atoms with Crippen LogP contribution in [0, 0.1) is 18.3 Å². The molecule has 0 aliphatic rings. The van der Waals surface area contributed by atoms with E-state index in [2.05, 4.69) is 21.0 Å². The molecule has 29 heavy (non-hydrogen) atoms. The van der Waals surface area contributed by atoms with E-state index >= 15 is 0 Å². The minimum absolute atomic E-state index is 0.307. The Kier molecular flexibility index (Phi) is 4.63. The van der Waals surface area contributed by atoms with Crippen LogP contribution in [0.15, 0.2) is 47.3 Å². The van der Waals surface area contributed by atoms with Crippen LogP contribution < -0.4 is 0 Å². The van der Waals surface area contributed by atoms with E-state index in [1.807, 2.05) is 35.9 Å². The van der Waals surface area contributed by atoms with Crippen LogP contribution in [0.1, 0.15) is 37.5 Å². The van der Waals surface area contributed by atoms with Crippen molar-refractivity contribution in [3.63, 3.8) is 0 Å². The fraction of sp³-hybridized carbons (Fsp3) is 0.273. The van der Waals surface area contributed by atoms with Crippen molar-refractivity contribution in [3.05, 3.63) is 60.1 Å². The lowest BCUT2D eigenvalue weighted by Gasteiger charge is -2.11. The van der Waals surface area contributed by atoms with Gasteiger partial charge in [-0.15, -0.1) is 0 Å². The maximum Gasteiger partial charge on any atom is 0.195 e. The molecule has 4 aromatic heterocycles. The number of hydrogen-bond donors (Lipinski definition) is 0. The molecular weight excluding hydrogens is 369 g/mol. The number of rotatable bonds is 5. The molecule has 0 saturated carbocycles. The molecule has 4 heterocycles. The number of oxazole rings is 1. The fourth-order valence-corrected chi connectivity index (χ4v) is 3.15. The first-order valence-electron chi connectivity index (χ1n) is 9.33. The third-order valence-electron chi connectivity index (χ3n) is 4.62. The molecule has 0 atom stereocenters. The molecule has 4 rings (SSSR count). The second-order valence-electron chi connectivity index (χ2n) is 7.60. The third-order valence-corrected chi connectivity index (χ3v) is 4.62. The standard InChI is InChI=1S/C22H20FN5O/c1-14-13-28-9-7-15(10-19(28)26-14)21-17(5-4-16(11-24)27-21)18-12-25-20(29-18)6-8-22(2,3)23/h4-5,7,9-10,12-13H,6,8H2,1-3H3. The normalized spacial score (nSPS) is 11.7. The quantitative estimate of drug-likeness (QED) is 0.484. The Hall–Kier alpha value is -3.53. The molecule has 0 unspecified atom stereocenters. The minimum atomic E-state index is -1.28. The van der Waals surface area contributed by atoms with Gasteiger partial charge in [0.1, 0.15) is 23.1 Å². The van der Waals surface area contributed by atoms with Gasteiger partial charge in [-0.25, -0.2) is 19.3 Å². The molecule has 0 spiro atoms. The Morgan fingerprint density at radius 2 is 2.07 bits per heavy atom. The molecule has 0 aliphatic heterocycles. The highest BCUT2D eigenvalue weighted by Gasteiger charge is 2.19. The molecule has 0 bridgehead atoms. The van der Waals surface area contributed by atoms with Crippen molar-refractivity contribution in [3.8, 4) is 28.7 Å². The predicted octanol–water partition coefficient (Wildman–Crippen LogP) is 4.91. The Bertz CT molecular complexity index is 1230. The zero-order valence-electron chi connectivity index (χ0n) is 16.5. The predicted molar refractivity (Wildman–Crippen MR) is 107 cm³/mol. The highest BCUT2D eigenvalue weighted by molar-refractivity contribution is 5.79. The molecular formula is C22H20FN5O. The van der Waals surface area contributed by atoms with Crippen LogP contribution in [-0.2, 0) is 6.42 Å². The van der Waals surface area contributed by atoms with Crippen molar-refractivity contribution in [1.82, 2.24) is 19.4 Å². The number of nitrogens with zero attached hydrogens (tertiary/aromatic N) is 5. The summed E-state index contributed by atoms with van der Waals surface area (Å²) in [6.07, 6.45) is 6.19. The van der Waals surface area contributed by atoms with Gasteiger partial charge in [-0.2, -0.15) is 5.26 Å². The van der Waals surface area contributed by atoms with E-state index in [-0.39, 0.29) is 0 Å². The summed E-state index contributed by atoms with van der Waals surface area (Å²) in [4.78, 5) is 13.3. The Morgan fingerprint density at radius 3 is 2.83 bits per heavy atom. The number of nitriles is 1. The number of aryl methyl sites for hydroxylation is 2. The van der Waals surface area contributed by atoms with Gasteiger partial charge >= 0.3 is 0 Å². The second-order valence-corrected chi connectivity index (χ2v) is 7.60. The van der Waals surface area contributed by atoms with Gasteiger partial charge < -0.3 is 8.82 Å². The summed E-state index contributed by atoms with van der Waals surface area (Å²) in [5.41, 5.74) is 2.87. The minimum Gasteiger partial charge on any atom is -0.441 e. The second kappa shape index (κ2) is 7.13. The zero-order valence-corrected chi connectivity index (χ0v) is 16.5. The van der Waals surface area contributed by atoms with Crippen molar-refractivity contribution in [2.24, 2.45) is 0 Å². The van der Waals surface area contributed by atoms with E-state index in [1.54, 1.807) is 18.3 Å². The molecule has 0 aliphatic carbocycles. The van der Waals surface area contributed by atoms with Crippen LogP contribution in [0.3, 0.4) is 0 Å². The van der Waals surface area contributed by atoms with Gasteiger partial charge in [0.2, 0.25) is 0 Å². The number of alkyl halides is 1. The lowest BCUT2D eigenvalue weighted by atomic mass is 10.0. The van der Waals surface area contributed by atoms with Gasteiger partial charge in [-0.1, -0.05) is 0 Å². The number of fused-ring (bicyclic) bond motifs is 1. The fourth-order valence-electron chi connectivity index (χ4n) is 3.15. The summed E-state index contributed by atoms with van der Waals surface area (Å²) in [6, 6.07) is 9.36. The number of aromatic nitrogens is 4. The first-order valence-corrected chi connectivity index (χ1v) is 9.33. The van der Waals surface area contributed by atoms with Crippen LogP contribution in [0.4, 0.5) is 4.39 Å². The van der Waals surface area contributed by atoms with Crippen molar-refractivity contribution in [2.45, 2.75) is 39.3 Å². The summed E-state index contributed by atoms with van der Waals surface area (Å²) >= 11 is 0. The molecule has 4 aromatic rings. The molecule has 0 fully saturated rings. The number of imidazole rings is 1. The van der Waals surface area contributed by atoms with Gasteiger partial charge in [0.25, 0.3) is 0 Å². The first kappa shape index (κ1) is 18.8. The molecule has 0 radical (unpaired) electrons. The highest BCUT2D eigenvalue weighted by atomic mass is 19.1. The van der Waals surface area contributed by atoms with Crippen molar-refractivity contribution >= 4 is 5.65 Å². The van der Waals surface area contributed by atoms with E-state index in [1.165, 1.54) is 13.8 Å². The van der Waals surface area contributed by atoms with Gasteiger partial charge in [0.15, 0.2) is 11.7 Å². The number of pyridine rings is 2. The first-order chi connectivity index (χ1) is 13.8. The molecule has 0 aromatic carbocycles. The average molecular weight is 389 g/mol. The lowest BCUT2D eigenvalue weighted by Crippen LogP contribution is -2.12. The molecule has 6 nitrogen and oxygen atoms in total. The highest BCUT2D eigenvalue weighted by Crippen LogP contribution is 2.32. The Balaban J connectivity index is 1.76. The summed E-state index contributed by atoms with van der Waals surface area (Å²) in [5, 5.41) is 9.30. The van der Waals surface area contributed by atoms with Crippen LogP contribution in [0.25, 0.3) is 28.2 Å². The van der Waals surface area contributed by atoms with Crippen LogP contribution in [0.2, 0.25) is 0 Å². The number of halogens is 1. The third kappa shape index (κ3) is 4.02. The summed E-state index contributed by atoms with van der Waals surface area (Å²) in [5.74, 6) is 1.00. The largest absolute Gasteiger partial charge is 0.441 e. The molecule has 0 N–H and O–H groups in total. The van der Waals surface area contributed by atoms with Gasteiger partial charge in [0, 0.05) is 29.9 Å². The SMILES string of the molecule is Cc1cn2ccc(-c3nc(C#N)ccc3-c3cnc(CCC(C)(C)F)o3)cc2n1. The topological polar surface area (TPSA) is 80.0 Å². The van der Waals surface area contributed by atoms with Crippen LogP contribution in [-0.4, -0.2) is 25.0 Å². The number of hydrogen-bond acceptors (Lipinski definition) is 5. The average Bonchev–Trinajstić information content (AvgIpc) is 3.30. The lowest BCUT2D eigenvalue weighted by molar-refractivity contribution is 0.197. The van der Waals surface area contributed by atoms with E-state index in [9.17, 15) is 9.65 Å². The van der Waals surface area contributed by atoms with Crippen molar-refractivity contribution < 1.29 is 8.81 Å². The van der Waals surface area contributed by atoms with Gasteiger partial charge in [-0.05, 0) is 51.5 Å². The summed E-state index contributed by atoms with van der Waals surface area (Å²) in [7, 11) is 0. The zero-order chi connectivity index (χ0) is 20.6. The van der Waals surface area contributed by atoms with E-state index in [0.29, 0.717) is 35.9 Å². The molecule has 0 saturated heterocycles. The van der Waals surface area contributed by atoms with E-state index in [4.69, 9.17) is 4.42 Å². The Labute approximate surface area is 167 Å². The monoisotopic (exact) mass is 389 g/mol. The van der Waals surface area contributed by atoms with Crippen LogP contribution >= 0.6 is 0 Å². The summed E-state index contributed by atoms with van der Waals surface area (Å²) in [6.45, 7) is 5.00. The smallest absolute Gasteiger partial charge is 0.195 e. The van der Waals surface area contributed by atoms with E-state index in [0.717, 1.165) is 22.5 Å². The summed E-state index contributed by atoms with van der Waals surface area (Å²) < 4.78 is 21.6. The van der Waals surface area contributed by atoms with Gasteiger partial charge in [0.05, 0.1) is 17.6 Å². The maximum absolute atomic E-state index is 13.8. The van der Waals surface area contributed by atoms with Gasteiger partial charge in [-0.3, -0.25) is 0 Å². The van der Waals surface area contributed by atoms with Crippen molar-refractivity contribution in [1.29, 1.82) is 5.26 Å². The van der Waals surface area contributed by atoms with E-state index < -0.39 is 5.67 Å². The van der Waals surface area contributed by atoms with Crippen molar-refractivity contribution in [2.75, 3.05) is 0 Å². The molecule has 146 valence electrons. The molecule has 0 amide bonds. The molecule has 7 heteroatoms. The van der Waals surface area contributed by atoms with Crippen LogP contribution in [0.5, 0.6) is 0 Å². The maximum atomic E-state index is 13.8. The Morgan fingerprint density at radius 1 is 1.24 bits per heavy atom.